The Morgan fingerprint density at radius 2 is 2.00 bits per heavy atom. The highest BCUT2D eigenvalue weighted by atomic mass is 16.7. The van der Waals surface area contributed by atoms with Gasteiger partial charge in [-0.15, -0.1) is 0 Å². The van der Waals surface area contributed by atoms with Crippen molar-refractivity contribution in [2.45, 2.75) is 45.9 Å². The molecule has 1 heterocycles. The van der Waals surface area contributed by atoms with Gasteiger partial charge in [-0.25, -0.2) is 0 Å². The molecular weight excluding hydrogens is 218 g/mol. The van der Waals surface area contributed by atoms with Crippen molar-refractivity contribution in [1.82, 2.24) is 5.32 Å². The quantitative estimate of drug-likeness (QED) is 0.629. The Hall–Kier alpha value is -0.160. The molecule has 0 aromatic rings. The van der Waals surface area contributed by atoms with Crippen molar-refractivity contribution in [2.24, 2.45) is 5.92 Å². The Morgan fingerprint density at radius 3 is 2.53 bits per heavy atom. The van der Waals surface area contributed by atoms with Crippen LogP contribution in [0.25, 0.3) is 0 Å². The van der Waals surface area contributed by atoms with Gasteiger partial charge in [-0.05, 0) is 33.1 Å². The number of hydrogen-bond acceptors (Lipinski definition) is 4. The molecule has 4 nitrogen and oxygen atoms in total. The molecule has 102 valence electrons. The number of rotatable bonds is 9. The summed E-state index contributed by atoms with van der Waals surface area (Å²) in [7, 11) is 0. The standard InChI is InChI=1S/C13H27NO3/c1-4-16-13(17-5-2)6-8-14-11(3)12-7-9-15-10-12/h11-14H,4-10H2,1-3H3. The third-order valence-corrected chi connectivity index (χ3v) is 3.22. The van der Waals surface area contributed by atoms with Gasteiger partial charge in [0.2, 0.25) is 0 Å². The molecule has 4 heteroatoms. The molecular formula is C13H27NO3. The van der Waals surface area contributed by atoms with Crippen molar-refractivity contribution >= 4 is 0 Å². The van der Waals surface area contributed by atoms with Gasteiger partial charge in [-0.2, -0.15) is 0 Å². The maximum Gasteiger partial charge on any atom is 0.158 e. The van der Waals surface area contributed by atoms with Gasteiger partial charge in [0.15, 0.2) is 6.29 Å². The lowest BCUT2D eigenvalue weighted by Crippen LogP contribution is -2.36. The minimum absolute atomic E-state index is 0.0653. The van der Waals surface area contributed by atoms with Crippen molar-refractivity contribution in [1.29, 1.82) is 0 Å². The number of hydrogen-bond donors (Lipinski definition) is 1. The molecule has 2 atom stereocenters. The van der Waals surface area contributed by atoms with Gasteiger partial charge < -0.3 is 19.5 Å². The van der Waals surface area contributed by atoms with E-state index in [1.165, 1.54) is 6.42 Å². The second-order valence-corrected chi connectivity index (χ2v) is 4.50. The lowest BCUT2D eigenvalue weighted by atomic mass is 10.0. The third-order valence-electron chi connectivity index (χ3n) is 3.22. The van der Waals surface area contributed by atoms with Crippen LogP contribution in [0.3, 0.4) is 0 Å². The lowest BCUT2D eigenvalue weighted by molar-refractivity contribution is -0.138. The van der Waals surface area contributed by atoms with E-state index >= 15 is 0 Å². The molecule has 2 unspecified atom stereocenters. The van der Waals surface area contributed by atoms with Crippen LogP contribution in [0.4, 0.5) is 0 Å². The second-order valence-electron chi connectivity index (χ2n) is 4.50. The van der Waals surface area contributed by atoms with Crippen LogP contribution in [0.1, 0.15) is 33.6 Å². The summed E-state index contributed by atoms with van der Waals surface area (Å²) in [5, 5.41) is 3.53. The molecule has 0 spiro atoms. The van der Waals surface area contributed by atoms with Gasteiger partial charge in [-0.1, -0.05) is 0 Å². The molecule has 0 saturated carbocycles. The largest absolute Gasteiger partial charge is 0.381 e. The monoisotopic (exact) mass is 245 g/mol. The van der Waals surface area contributed by atoms with Crippen LogP contribution in [-0.2, 0) is 14.2 Å². The average Bonchev–Trinajstić information content (AvgIpc) is 2.83. The number of nitrogens with one attached hydrogen (secondary N) is 1. The third kappa shape index (κ3) is 5.82. The molecule has 1 saturated heterocycles. The molecule has 1 fully saturated rings. The van der Waals surface area contributed by atoms with Crippen LogP contribution in [0, 0.1) is 5.92 Å². The Morgan fingerprint density at radius 1 is 1.29 bits per heavy atom. The zero-order chi connectivity index (χ0) is 12.5. The van der Waals surface area contributed by atoms with E-state index in [-0.39, 0.29) is 6.29 Å². The highest BCUT2D eigenvalue weighted by Gasteiger charge is 2.21. The summed E-state index contributed by atoms with van der Waals surface area (Å²) in [5.74, 6) is 0.660. The highest BCUT2D eigenvalue weighted by molar-refractivity contribution is 4.75. The SMILES string of the molecule is CCOC(CCNC(C)C1CCOC1)OCC. The van der Waals surface area contributed by atoms with Crippen molar-refractivity contribution in [3.05, 3.63) is 0 Å². The van der Waals surface area contributed by atoms with Crippen molar-refractivity contribution in [3.63, 3.8) is 0 Å². The van der Waals surface area contributed by atoms with Crippen molar-refractivity contribution in [3.8, 4) is 0 Å². The van der Waals surface area contributed by atoms with Crippen LogP contribution in [-0.4, -0.2) is 45.3 Å². The van der Waals surface area contributed by atoms with E-state index in [9.17, 15) is 0 Å². The van der Waals surface area contributed by atoms with E-state index in [0.29, 0.717) is 25.2 Å². The van der Waals surface area contributed by atoms with Crippen LogP contribution >= 0.6 is 0 Å². The number of ether oxygens (including phenoxy) is 3. The predicted octanol–water partition coefficient (Wildman–Crippen LogP) is 1.79. The fourth-order valence-corrected chi connectivity index (χ4v) is 2.13. The van der Waals surface area contributed by atoms with E-state index in [4.69, 9.17) is 14.2 Å². The van der Waals surface area contributed by atoms with Crippen molar-refractivity contribution in [2.75, 3.05) is 33.0 Å². The van der Waals surface area contributed by atoms with E-state index < -0.39 is 0 Å². The first kappa shape index (κ1) is 14.9. The molecule has 0 aromatic carbocycles. The molecule has 1 rings (SSSR count). The van der Waals surface area contributed by atoms with E-state index in [1.54, 1.807) is 0 Å². The fraction of sp³-hybridized carbons (Fsp3) is 1.00. The minimum atomic E-state index is -0.0653. The summed E-state index contributed by atoms with van der Waals surface area (Å²) in [6, 6.07) is 0.515. The Kier molecular flexibility index (Phi) is 7.77. The molecule has 17 heavy (non-hydrogen) atoms. The molecule has 0 radical (unpaired) electrons. The average molecular weight is 245 g/mol. The summed E-state index contributed by atoms with van der Waals surface area (Å²) in [5.41, 5.74) is 0. The molecule has 1 N–H and O–H groups in total. The molecule has 1 aliphatic rings. The smallest absolute Gasteiger partial charge is 0.158 e. The summed E-state index contributed by atoms with van der Waals surface area (Å²) >= 11 is 0. The van der Waals surface area contributed by atoms with Crippen LogP contribution in [0.15, 0.2) is 0 Å². The molecule has 1 aliphatic heterocycles. The van der Waals surface area contributed by atoms with Crippen LogP contribution in [0.5, 0.6) is 0 Å². The van der Waals surface area contributed by atoms with Gasteiger partial charge in [0, 0.05) is 38.8 Å². The summed E-state index contributed by atoms with van der Waals surface area (Å²) in [6.45, 7) is 10.4. The van der Waals surface area contributed by atoms with E-state index in [2.05, 4.69) is 12.2 Å². The first-order chi connectivity index (χ1) is 8.27. The van der Waals surface area contributed by atoms with Gasteiger partial charge in [0.25, 0.3) is 0 Å². The molecule has 0 amide bonds. The minimum Gasteiger partial charge on any atom is -0.381 e. The Bertz CT molecular complexity index is 176. The van der Waals surface area contributed by atoms with Crippen LogP contribution in [0.2, 0.25) is 0 Å². The Balaban J connectivity index is 2.11. The Labute approximate surface area is 105 Å². The van der Waals surface area contributed by atoms with Crippen LogP contribution < -0.4 is 5.32 Å². The molecule has 0 bridgehead atoms. The van der Waals surface area contributed by atoms with Gasteiger partial charge >= 0.3 is 0 Å². The topological polar surface area (TPSA) is 39.7 Å². The van der Waals surface area contributed by atoms with E-state index in [0.717, 1.165) is 26.2 Å². The summed E-state index contributed by atoms with van der Waals surface area (Å²) < 4.78 is 16.4. The highest BCUT2D eigenvalue weighted by Crippen LogP contribution is 2.16. The zero-order valence-corrected chi connectivity index (χ0v) is 11.4. The zero-order valence-electron chi connectivity index (χ0n) is 11.4. The predicted molar refractivity (Wildman–Crippen MR) is 68.0 cm³/mol. The van der Waals surface area contributed by atoms with Gasteiger partial charge in [0.1, 0.15) is 0 Å². The normalized spacial score (nSPS) is 22.2. The maximum absolute atomic E-state index is 5.50. The second kappa shape index (κ2) is 8.86. The summed E-state index contributed by atoms with van der Waals surface area (Å²) in [4.78, 5) is 0. The summed E-state index contributed by atoms with van der Waals surface area (Å²) in [6.07, 6.45) is 2.01. The van der Waals surface area contributed by atoms with Gasteiger partial charge in [0.05, 0.1) is 6.61 Å². The molecule has 0 aromatic heterocycles. The lowest BCUT2D eigenvalue weighted by Gasteiger charge is -2.21. The fourth-order valence-electron chi connectivity index (χ4n) is 2.13. The maximum atomic E-state index is 5.50. The van der Waals surface area contributed by atoms with E-state index in [1.807, 2.05) is 13.8 Å². The molecule has 0 aliphatic carbocycles. The van der Waals surface area contributed by atoms with Crippen molar-refractivity contribution < 1.29 is 14.2 Å². The first-order valence-electron chi connectivity index (χ1n) is 6.82. The first-order valence-corrected chi connectivity index (χ1v) is 6.82. The van der Waals surface area contributed by atoms with Gasteiger partial charge in [-0.3, -0.25) is 0 Å².